The predicted molar refractivity (Wildman–Crippen MR) is 45.9 cm³/mol. The lowest BCUT2D eigenvalue weighted by atomic mass is 10.1. The van der Waals surface area contributed by atoms with E-state index in [1.54, 1.807) is 6.21 Å². The van der Waals surface area contributed by atoms with Gasteiger partial charge in [-0.1, -0.05) is 19.1 Å². The molecule has 1 aliphatic heterocycles. The molecule has 0 unspecified atom stereocenters. The first-order valence-electron chi connectivity index (χ1n) is 3.73. The summed E-state index contributed by atoms with van der Waals surface area (Å²) >= 11 is 0. The van der Waals surface area contributed by atoms with Crippen LogP contribution in [0.5, 0.6) is 0 Å². The summed E-state index contributed by atoms with van der Waals surface area (Å²) < 4.78 is 0. The van der Waals surface area contributed by atoms with Crippen LogP contribution < -0.4 is 0 Å². The first-order valence-corrected chi connectivity index (χ1v) is 3.73. The Morgan fingerprint density at radius 1 is 1.64 bits per heavy atom. The van der Waals surface area contributed by atoms with Crippen LogP contribution in [0.1, 0.15) is 13.3 Å². The molecule has 0 bridgehead atoms. The van der Waals surface area contributed by atoms with Gasteiger partial charge in [0.05, 0.1) is 6.54 Å². The summed E-state index contributed by atoms with van der Waals surface area (Å²) in [7, 11) is 0. The molecule has 11 heavy (non-hydrogen) atoms. The van der Waals surface area contributed by atoms with E-state index < -0.39 is 0 Å². The van der Waals surface area contributed by atoms with Crippen molar-refractivity contribution in [2.75, 3.05) is 6.54 Å². The van der Waals surface area contributed by atoms with E-state index in [0.717, 1.165) is 5.57 Å². The van der Waals surface area contributed by atoms with Gasteiger partial charge in [-0.3, -0.25) is 9.79 Å². The minimum Gasteiger partial charge on any atom is -0.294 e. The number of carbonyl (C=O) groups is 1. The number of nitrogens with zero attached hydrogens (tertiary/aromatic N) is 1. The molecular formula is C9H11NO. The minimum absolute atomic E-state index is 0.189. The van der Waals surface area contributed by atoms with E-state index in [0.29, 0.717) is 13.0 Å². The van der Waals surface area contributed by atoms with Crippen molar-refractivity contribution in [3.63, 3.8) is 0 Å². The van der Waals surface area contributed by atoms with Crippen LogP contribution in [0.25, 0.3) is 0 Å². The van der Waals surface area contributed by atoms with Gasteiger partial charge < -0.3 is 0 Å². The maximum Gasteiger partial charge on any atom is 0.160 e. The van der Waals surface area contributed by atoms with E-state index in [2.05, 4.69) is 4.99 Å². The van der Waals surface area contributed by atoms with Gasteiger partial charge in [-0.15, -0.1) is 0 Å². The SMILES string of the molecule is CCC(=O)C1=CC=CC=NC1. The van der Waals surface area contributed by atoms with Crippen molar-refractivity contribution in [1.82, 2.24) is 0 Å². The van der Waals surface area contributed by atoms with E-state index in [9.17, 15) is 4.79 Å². The van der Waals surface area contributed by atoms with E-state index in [4.69, 9.17) is 0 Å². The smallest absolute Gasteiger partial charge is 0.160 e. The molecule has 2 heteroatoms. The molecule has 0 saturated heterocycles. The van der Waals surface area contributed by atoms with Crippen molar-refractivity contribution < 1.29 is 4.79 Å². The second-order valence-corrected chi connectivity index (χ2v) is 2.34. The first-order chi connectivity index (χ1) is 5.34. The zero-order valence-electron chi connectivity index (χ0n) is 6.58. The molecule has 0 saturated carbocycles. The Balaban J connectivity index is 2.72. The number of carbonyl (C=O) groups excluding carboxylic acids is 1. The molecule has 58 valence electrons. The molecule has 0 aromatic rings. The van der Waals surface area contributed by atoms with Gasteiger partial charge in [0.15, 0.2) is 5.78 Å². The maximum absolute atomic E-state index is 11.1. The van der Waals surface area contributed by atoms with E-state index in [1.165, 1.54) is 0 Å². The van der Waals surface area contributed by atoms with Crippen LogP contribution in [-0.4, -0.2) is 18.5 Å². The van der Waals surface area contributed by atoms with Crippen LogP contribution in [0.3, 0.4) is 0 Å². The quantitative estimate of drug-likeness (QED) is 0.585. The Labute approximate surface area is 66.3 Å². The lowest BCUT2D eigenvalue weighted by Gasteiger charge is -1.97. The van der Waals surface area contributed by atoms with Crippen LogP contribution in [0, 0.1) is 0 Å². The molecule has 0 spiro atoms. The summed E-state index contributed by atoms with van der Waals surface area (Å²) in [6.45, 7) is 2.39. The minimum atomic E-state index is 0.189. The number of hydrogen-bond donors (Lipinski definition) is 0. The predicted octanol–water partition coefficient (Wildman–Crippen LogP) is 1.53. The van der Waals surface area contributed by atoms with E-state index in [-0.39, 0.29) is 5.78 Å². The number of Topliss-reactive ketones (excluding diaryl/α,β-unsaturated/α-hetero) is 1. The summed E-state index contributed by atoms with van der Waals surface area (Å²) in [6, 6.07) is 0. The fraction of sp³-hybridized carbons (Fsp3) is 0.333. The number of hydrogen-bond acceptors (Lipinski definition) is 2. The second-order valence-electron chi connectivity index (χ2n) is 2.34. The normalized spacial score (nSPS) is 15.9. The third-order valence-electron chi connectivity index (χ3n) is 1.54. The average Bonchev–Trinajstić information content (AvgIpc) is 2.30. The summed E-state index contributed by atoms with van der Waals surface area (Å²) in [5.74, 6) is 0.189. The van der Waals surface area contributed by atoms with Crippen molar-refractivity contribution in [3.05, 3.63) is 23.8 Å². The highest BCUT2D eigenvalue weighted by Gasteiger charge is 2.04. The molecule has 0 atom stereocenters. The highest BCUT2D eigenvalue weighted by Crippen LogP contribution is 2.02. The molecule has 1 aliphatic rings. The summed E-state index contributed by atoms with van der Waals surface area (Å²) in [5, 5.41) is 0. The molecule has 0 aliphatic carbocycles. The number of ketones is 1. The van der Waals surface area contributed by atoms with Gasteiger partial charge in [0.25, 0.3) is 0 Å². The second kappa shape index (κ2) is 3.86. The van der Waals surface area contributed by atoms with Gasteiger partial charge in [-0.2, -0.15) is 0 Å². The third kappa shape index (κ3) is 2.15. The van der Waals surface area contributed by atoms with Crippen LogP contribution in [0.2, 0.25) is 0 Å². The Morgan fingerprint density at radius 2 is 2.45 bits per heavy atom. The van der Waals surface area contributed by atoms with Crippen LogP contribution in [-0.2, 0) is 4.79 Å². The van der Waals surface area contributed by atoms with Crippen LogP contribution >= 0.6 is 0 Å². The maximum atomic E-state index is 11.1. The lowest BCUT2D eigenvalue weighted by Crippen LogP contribution is -2.02. The van der Waals surface area contributed by atoms with Gasteiger partial charge >= 0.3 is 0 Å². The van der Waals surface area contributed by atoms with Gasteiger partial charge in [0.1, 0.15) is 0 Å². The van der Waals surface area contributed by atoms with Gasteiger partial charge in [0, 0.05) is 18.2 Å². The molecule has 2 nitrogen and oxygen atoms in total. The van der Waals surface area contributed by atoms with Gasteiger partial charge in [-0.05, 0) is 6.08 Å². The molecule has 1 rings (SSSR count). The van der Waals surface area contributed by atoms with Gasteiger partial charge in [-0.25, -0.2) is 0 Å². The average molecular weight is 149 g/mol. The van der Waals surface area contributed by atoms with E-state index in [1.807, 2.05) is 25.2 Å². The monoisotopic (exact) mass is 149 g/mol. The molecule has 0 N–H and O–H groups in total. The van der Waals surface area contributed by atoms with Gasteiger partial charge in [0.2, 0.25) is 0 Å². The molecule has 0 fully saturated rings. The van der Waals surface area contributed by atoms with Crippen molar-refractivity contribution in [1.29, 1.82) is 0 Å². The first kappa shape index (κ1) is 7.92. The van der Waals surface area contributed by atoms with E-state index >= 15 is 0 Å². The lowest BCUT2D eigenvalue weighted by molar-refractivity contribution is -0.115. The van der Waals surface area contributed by atoms with Crippen molar-refractivity contribution in [2.45, 2.75) is 13.3 Å². The largest absolute Gasteiger partial charge is 0.294 e. The zero-order valence-corrected chi connectivity index (χ0v) is 6.58. The molecule has 0 amide bonds. The van der Waals surface area contributed by atoms with Crippen LogP contribution in [0.15, 0.2) is 28.8 Å². The van der Waals surface area contributed by atoms with Crippen molar-refractivity contribution in [2.24, 2.45) is 4.99 Å². The fourth-order valence-corrected chi connectivity index (χ4v) is 0.894. The standard InChI is InChI=1S/C9H11NO/c1-2-9(11)8-5-3-4-6-10-7-8/h3-6H,2,7H2,1H3. The Hall–Kier alpha value is -1.18. The zero-order chi connectivity index (χ0) is 8.10. The Bertz CT molecular complexity index is 236. The fourth-order valence-electron chi connectivity index (χ4n) is 0.894. The summed E-state index contributed by atoms with van der Waals surface area (Å²) in [4.78, 5) is 15.2. The number of aliphatic imine (C=N–C) groups is 1. The number of allylic oxidation sites excluding steroid dienone is 3. The van der Waals surface area contributed by atoms with Crippen LogP contribution in [0.4, 0.5) is 0 Å². The summed E-state index contributed by atoms with van der Waals surface area (Å²) in [6.07, 6.45) is 7.79. The Kier molecular flexibility index (Phi) is 2.78. The summed E-state index contributed by atoms with van der Waals surface area (Å²) in [5.41, 5.74) is 0.803. The molecule has 0 aromatic heterocycles. The third-order valence-corrected chi connectivity index (χ3v) is 1.54. The Morgan fingerprint density at radius 3 is 3.18 bits per heavy atom. The topological polar surface area (TPSA) is 29.4 Å². The van der Waals surface area contributed by atoms with Crippen molar-refractivity contribution in [3.8, 4) is 0 Å². The molecule has 1 heterocycles. The molecule has 0 radical (unpaired) electrons. The highest BCUT2D eigenvalue weighted by molar-refractivity contribution is 5.96. The highest BCUT2D eigenvalue weighted by atomic mass is 16.1. The number of rotatable bonds is 2. The molecular weight excluding hydrogens is 138 g/mol. The van der Waals surface area contributed by atoms with Crippen molar-refractivity contribution >= 4 is 12.0 Å². The molecule has 0 aromatic carbocycles.